The molecule has 1 saturated carbocycles. The molecule has 3 rings (SSSR count). The molecule has 0 bridgehead atoms. The molecule has 4 nitrogen and oxygen atoms in total. The highest BCUT2D eigenvalue weighted by atomic mass is 35.5. The zero-order chi connectivity index (χ0) is 13.9. The summed E-state index contributed by atoms with van der Waals surface area (Å²) in [6, 6.07) is 7.55. The molecule has 20 heavy (non-hydrogen) atoms. The fraction of sp³-hybridized carbons (Fsp3) is 0.333. The van der Waals surface area contributed by atoms with Crippen molar-refractivity contribution in [1.82, 2.24) is 15.3 Å². The first-order chi connectivity index (χ1) is 9.72. The summed E-state index contributed by atoms with van der Waals surface area (Å²) < 4.78 is 0. The van der Waals surface area contributed by atoms with Crippen molar-refractivity contribution in [1.29, 1.82) is 0 Å². The van der Waals surface area contributed by atoms with Crippen molar-refractivity contribution in [3.05, 3.63) is 41.2 Å². The van der Waals surface area contributed by atoms with Gasteiger partial charge >= 0.3 is 0 Å². The molecule has 1 fully saturated rings. The molecule has 2 aromatic rings. The molecule has 0 atom stereocenters. The SMILES string of the molecule is O=C(NCCc1cnc(-c2ccc(Cl)cc2)[nH]1)C1CC1. The molecule has 0 aliphatic heterocycles. The van der Waals surface area contributed by atoms with Gasteiger partial charge in [0.15, 0.2) is 0 Å². The summed E-state index contributed by atoms with van der Waals surface area (Å²) in [6.45, 7) is 0.650. The Morgan fingerprint density at radius 3 is 2.80 bits per heavy atom. The van der Waals surface area contributed by atoms with E-state index in [1.165, 1.54) is 0 Å². The fourth-order valence-corrected chi connectivity index (χ4v) is 2.18. The minimum atomic E-state index is 0.183. The van der Waals surface area contributed by atoms with Crippen molar-refractivity contribution >= 4 is 17.5 Å². The number of amides is 1. The van der Waals surface area contributed by atoms with E-state index in [-0.39, 0.29) is 11.8 Å². The Balaban J connectivity index is 1.56. The first kappa shape index (κ1) is 13.2. The number of nitrogens with one attached hydrogen (secondary N) is 2. The lowest BCUT2D eigenvalue weighted by atomic mass is 10.2. The number of hydrogen-bond acceptors (Lipinski definition) is 2. The molecule has 1 amide bonds. The van der Waals surface area contributed by atoms with Gasteiger partial charge in [0, 0.05) is 41.4 Å². The Morgan fingerprint density at radius 1 is 1.35 bits per heavy atom. The van der Waals surface area contributed by atoms with Crippen LogP contribution < -0.4 is 5.32 Å². The van der Waals surface area contributed by atoms with Crippen LogP contribution in [-0.2, 0) is 11.2 Å². The van der Waals surface area contributed by atoms with Crippen LogP contribution in [0.25, 0.3) is 11.4 Å². The first-order valence-electron chi connectivity index (χ1n) is 6.80. The normalized spacial score (nSPS) is 14.2. The van der Waals surface area contributed by atoms with Gasteiger partial charge in [-0.15, -0.1) is 0 Å². The summed E-state index contributed by atoms with van der Waals surface area (Å²) in [7, 11) is 0. The minimum Gasteiger partial charge on any atom is -0.355 e. The molecule has 5 heteroatoms. The third-order valence-electron chi connectivity index (χ3n) is 3.39. The van der Waals surface area contributed by atoms with Gasteiger partial charge < -0.3 is 10.3 Å². The molecule has 104 valence electrons. The van der Waals surface area contributed by atoms with E-state index < -0.39 is 0 Å². The predicted octanol–water partition coefficient (Wildman–Crippen LogP) is 2.80. The van der Waals surface area contributed by atoms with Gasteiger partial charge in [-0.3, -0.25) is 4.79 Å². The molecule has 1 aliphatic carbocycles. The van der Waals surface area contributed by atoms with Crippen molar-refractivity contribution < 1.29 is 4.79 Å². The average molecular weight is 290 g/mol. The minimum absolute atomic E-state index is 0.183. The van der Waals surface area contributed by atoms with Gasteiger partial charge in [0.1, 0.15) is 5.82 Å². The van der Waals surface area contributed by atoms with Crippen molar-refractivity contribution in [3.8, 4) is 11.4 Å². The number of benzene rings is 1. The number of rotatable bonds is 5. The van der Waals surface area contributed by atoms with Crippen LogP contribution in [0.3, 0.4) is 0 Å². The van der Waals surface area contributed by atoms with Crippen LogP contribution in [0.5, 0.6) is 0 Å². The molecule has 1 aromatic heterocycles. The monoisotopic (exact) mass is 289 g/mol. The Morgan fingerprint density at radius 2 is 2.10 bits per heavy atom. The smallest absolute Gasteiger partial charge is 0.223 e. The van der Waals surface area contributed by atoms with Gasteiger partial charge in [0.25, 0.3) is 0 Å². The molecule has 1 aromatic carbocycles. The van der Waals surface area contributed by atoms with Crippen LogP contribution in [0.15, 0.2) is 30.5 Å². The Bertz CT molecular complexity index is 602. The van der Waals surface area contributed by atoms with Crippen molar-refractivity contribution in [2.24, 2.45) is 5.92 Å². The van der Waals surface area contributed by atoms with Gasteiger partial charge in [-0.25, -0.2) is 4.98 Å². The van der Waals surface area contributed by atoms with E-state index in [0.717, 1.165) is 36.3 Å². The van der Waals surface area contributed by atoms with E-state index >= 15 is 0 Å². The molecular weight excluding hydrogens is 274 g/mol. The molecule has 1 heterocycles. The maximum Gasteiger partial charge on any atom is 0.223 e. The fourth-order valence-electron chi connectivity index (χ4n) is 2.05. The summed E-state index contributed by atoms with van der Waals surface area (Å²) >= 11 is 5.86. The molecule has 0 saturated heterocycles. The lowest BCUT2D eigenvalue weighted by Gasteiger charge is -2.02. The number of carbonyl (C=O) groups excluding carboxylic acids is 1. The molecule has 1 aliphatic rings. The van der Waals surface area contributed by atoms with Gasteiger partial charge in [-0.1, -0.05) is 11.6 Å². The van der Waals surface area contributed by atoms with Crippen LogP contribution in [0.1, 0.15) is 18.5 Å². The Hall–Kier alpha value is -1.81. The highest BCUT2D eigenvalue weighted by Crippen LogP contribution is 2.28. The molecular formula is C15H16ClN3O. The number of imidazole rings is 1. The van der Waals surface area contributed by atoms with Crippen molar-refractivity contribution in [2.45, 2.75) is 19.3 Å². The lowest BCUT2D eigenvalue weighted by Crippen LogP contribution is -2.26. The quantitative estimate of drug-likeness (QED) is 0.889. The zero-order valence-corrected chi connectivity index (χ0v) is 11.8. The lowest BCUT2D eigenvalue weighted by molar-refractivity contribution is -0.122. The number of aromatic amines is 1. The summed E-state index contributed by atoms with van der Waals surface area (Å²) in [5.41, 5.74) is 2.02. The van der Waals surface area contributed by atoms with Gasteiger partial charge in [0.2, 0.25) is 5.91 Å². The molecule has 2 N–H and O–H groups in total. The summed E-state index contributed by atoms with van der Waals surface area (Å²) in [5, 5.41) is 3.66. The van der Waals surface area contributed by atoms with Crippen LogP contribution in [0, 0.1) is 5.92 Å². The first-order valence-corrected chi connectivity index (χ1v) is 7.18. The number of aromatic nitrogens is 2. The summed E-state index contributed by atoms with van der Waals surface area (Å²) in [5.74, 6) is 1.27. The van der Waals surface area contributed by atoms with E-state index in [4.69, 9.17) is 11.6 Å². The van der Waals surface area contributed by atoms with E-state index in [1.807, 2.05) is 30.5 Å². The van der Waals surface area contributed by atoms with Gasteiger partial charge in [0.05, 0.1) is 0 Å². The maximum absolute atomic E-state index is 11.5. The number of H-pyrrole nitrogens is 1. The largest absolute Gasteiger partial charge is 0.355 e. The maximum atomic E-state index is 11.5. The number of halogens is 1. The third-order valence-corrected chi connectivity index (χ3v) is 3.64. The second-order valence-corrected chi connectivity index (χ2v) is 5.52. The summed E-state index contributed by atoms with van der Waals surface area (Å²) in [4.78, 5) is 19.1. The topological polar surface area (TPSA) is 57.8 Å². The van der Waals surface area contributed by atoms with E-state index in [0.29, 0.717) is 11.6 Å². The average Bonchev–Trinajstić information content (AvgIpc) is 3.20. The van der Waals surface area contributed by atoms with Crippen molar-refractivity contribution in [3.63, 3.8) is 0 Å². The van der Waals surface area contributed by atoms with E-state index in [9.17, 15) is 4.79 Å². The molecule has 0 radical (unpaired) electrons. The van der Waals surface area contributed by atoms with Crippen LogP contribution in [0.2, 0.25) is 5.02 Å². The van der Waals surface area contributed by atoms with E-state index in [1.54, 1.807) is 0 Å². The second kappa shape index (κ2) is 5.67. The summed E-state index contributed by atoms with van der Waals surface area (Å²) in [6.07, 6.45) is 4.65. The number of hydrogen-bond donors (Lipinski definition) is 2. The second-order valence-electron chi connectivity index (χ2n) is 5.08. The number of nitrogens with zero attached hydrogens (tertiary/aromatic N) is 1. The zero-order valence-electron chi connectivity index (χ0n) is 11.0. The molecule has 0 unspecified atom stereocenters. The predicted molar refractivity (Wildman–Crippen MR) is 78.5 cm³/mol. The molecule has 0 spiro atoms. The van der Waals surface area contributed by atoms with Gasteiger partial charge in [-0.2, -0.15) is 0 Å². The van der Waals surface area contributed by atoms with Crippen LogP contribution >= 0.6 is 11.6 Å². The van der Waals surface area contributed by atoms with E-state index in [2.05, 4.69) is 15.3 Å². The van der Waals surface area contributed by atoms with Crippen molar-refractivity contribution in [2.75, 3.05) is 6.54 Å². The standard InChI is InChI=1S/C15H16ClN3O/c16-12-5-3-10(4-6-12)14-18-9-13(19-14)7-8-17-15(20)11-1-2-11/h3-6,9,11H,1-2,7-8H2,(H,17,20)(H,18,19). The van der Waals surface area contributed by atoms with Gasteiger partial charge in [-0.05, 0) is 37.1 Å². The Labute approximate surface area is 122 Å². The highest BCUT2D eigenvalue weighted by Gasteiger charge is 2.28. The Kier molecular flexibility index (Phi) is 3.74. The highest BCUT2D eigenvalue weighted by molar-refractivity contribution is 6.30. The van der Waals surface area contributed by atoms with Crippen LogP contribution in [0.4, 0.5) is 0 Å². The van der Waals surface area contributed by atoms with Crippen LogP contribution in [-0.4, -0.2) is 22.4 Å². The number of carbonyl (C=O) groups is 1. The third kappa shape index (κ3) is 3.20.